The van der Waals surface area contributed by atoms with E-state index in [9.17, 15) is 31.1 Å². The van der Waals surface area contributed by atoms with Crippen molar-refractivity contribution in [1.29, 1.82) is 0 Å². The highest BCUT2D eigenvalue weighted by Crippen LogP contribution is 2.34. The highest BCUT2D eigenvalue weighted by atomic mass is 19.4. The number of aryl methyl sites for hydroxylation is 1. The van der Waals surface area contributed by atoms with Gasteiger partial charge in [-0.3, -0.25) is 9.78 Å². The third-order valence-electron chi connectivity index (χ3n) is 5.31. The Labute approximate surface area is 196 Å². The van der Waals surface area contributed by atoms with Crippen LogP contribution in [-0.4, -0.2) is 36.4 Å². The van der Waals surface area contributed by atoms with E-state index in [1.54, 1.807) is 0 Å². The van der Waals surface area contributed by atoms with Crippen molar-refractivity contribution < 1.29 is 40.3 Å². The third kappa shape index (κ3) is 5.69. The first-order valence-electron chi connectivity index (χ1n) is 10.6. The van der Waals surface area contributed by atoms with E-state index in [2.05, 4.69) is 15.6 Å². The Hall–Kier alpha value is -3.28. The van der Waals surface area contributed by atoms with Gasteiger partial charge in [0.05, 0.1) is 18.2 Å². The predicted octanol–water partition coefficient (Wildman–Crippen LogP) is 5.24. The largest absolute Gasteiger partial charge is 0.489 e. The molecule has 190 valence electrons. The summed E-state index contributed by atoms with van der Waals surface area (Å²) >= 11 is 0. The lowest BCUT2D eigenvalue weighted by atomic mass is 10.0. The van der Waals surface area contributed by atoms with E-state index in [0.29, 0.717) is 0 Å². The average molecular weight is 503 g/mol. The SMILES string of the molecule is CCC(NC(=O)c1c(C)oc2c(F)cc(OCc3cccnc3C(F)(F)F)cc12)C(F)(F)CNC. The van der Waals surface area contributed by atoms with Gasteiger partial charge in [-0.2, -0.15) is 13.2 Å². The summed E-state index contributed by atoms with van der Waals surface area (Å²) in [6.07, 6.45) is -3.81. The molecule has 3 aromatic rings. The molecule has 6 nitrogen and oxygen atoms in total. The van der Waals surface area contributed by atoms with Crippen molar-refractivity contribution >= 4 is 16.9 Å². The van der Waals surface area contributed by atoms with Gasteiger partial charge in [-0.15, -0.1) is 0 Å². The topological polar surface area (TPSA) is 76.4 Å². The number of furan rings is 1. The molecule has 0 fully saturated rings. The van der Waals surface area contributed by atoms with Gasteiger partial charge in [0, 0.05) is 23.2 Å². The van der Waals surface area contributed by atoms with E-state index >= 15 is 0 Å². The third-order valence-corrected chi connectivity index (χ3v) is 5.31. The second-order valence-corrected chi connectivity index (χ2v) is 7.84. The molecule has 2 aromatic heterocycles. The minimum absolute atomic E-state index is 0.0213. The Morgan fingerprint density at radius 1 is 1.23 bits per heavy atom. The lowest BCUT2D eigenvalue weighted by Gasteiger charge is -2.26. The van der Waals surface area contributed by atoms with Crippen LogP contribution in [0.2, 0.25) is 0 Å². The van der Waals surface area contributed by atoms with Crippen LogP contribution in [0.15, 0.2) is 34.9 Å². The zero-order valence-electron chi connectivity index (χ0n) is 19.0. The van der Waals surface area contributed by atoms with Gasteiger partial charge < -0.3 is 19.8 Å². The summed E-state index contributed by atoms with van der Waals surface area (Å²) in [6, 6.07) is 3.06. The standard InChI is InChI=1S/C23H23F6N3O3/c1-4-17(22(25,26)11-30-3)32-21(33)18-12(2)35-19-15(18)8-14(9-16(19)24)34-10-13-6-5-7-31-20(13)23(27,28)29/h5-9,17,30H,4,10-11H2,1-3H3,(H,32,33). The normalized spacial score (nSPS) is 13.2. The van der Waals surface area contributed by atoms with E-state index in [0.717, 1.165) is 12.3 Å². The van der Waals surface area contributed by atoms with Gasteiger partial charge in [0.25, 0.3) is 11.8 Å². The van der Waals surface area contributed by atoms with Crippen LogP contribution in [0, 0.1) is 12.7 Å². The van der Waals surface area contributed by atoms with Crippen molar-refractivity contribution in [2.75, 3.05) is 13.6 Å². The van der Waals surface area contributed by atoms with Crippen LogP contribution in [0.4, 0.5) is 26.3 Å². The molecule has 1 atom stereocenters. The summed E-state index contributed by atoms with van der Waals surface area (Å²) in [5, 5.41) is 4.56. The van der Waals surface area contributed by atoms with Crippen LogP contribution in [0.1, 0.15) is 40.7 Å². The smallest absolute Gasteiger partial charge is 0.433 e. The van der Waals surface area contributed by atoms with Gasteiger partial charge in [0.1, 0.15) is 18.1 Å². The molecule has 0 saturated carbocycles. The van der Waals surface area contributed by atoms with Crippen LogP contribution < -0.4 is 15.4 Å². The number of hydrogen-bond donors (Lipinski definition) is 2. The fraction of sp³-hybridized carbons (Fsp3) is 0.391. The lowest BCUT2D eigenvalue weighted by molar-refractivity contribution is -0.142. The number of carbonyl (C=O) groups excluding carboxylic acids is 1. The molecule has 0 aliphatic carbocycles. The number of aromatic nitrogens is 1. The molecule has 0 spiro atoms. The number of carbonyl (C=O) groups is 1. The summed E-state index contributed by atoms with van der Waals surface area (Å²) in [4.78, 5) is 16.2. The highest BCUT2D eigenvalue weighted by molar-refractivity contribution is 6.07. The first-order chi connectivity index (χ1) is 16.4. The van der Waals surface area contributed by atoms with Gasteiger partial charge in [-0.1, -0.05) is 13.0 Å². The number of ether oxygens (including phenoxy) is 1. The van der Waals surface area contributed by atoms with Crippen LogP contribution in [0.3, 0.4) is 0 Å². The Morgan fingerprint density at radius 2 is 1.94 bits per heavy atom. The van der Waals surface area contributed by atoms with Crippen LogP contribution in [0.25, 0.3) is 11.0 Å². The maximum Gasteiger partial charge on any atom is 0.433 e. The number of halogens is 6. The Morgan fingerprint density at radius 3 is 2.57 bits per heavy atom. The Bertz CT molecular complexity index is 1210. The molecule has 2 N–H and O–H groups in total. The van der Waals surface area contributed by atoms with Crippen molar-refractivity contribution in [1.82, 2.24) is 15.6 Å². The highest BCUT2D eigenvalue weighted by Gasteiger charge is 2.39. The molecule has 0 saturated heterocycles. The summed E-state index contributed by atoms with van der Waals surface area (Å²) in [7, 11) is 1.35. The summed E-state index contributed by atoms with van der Waals surface area (Å²) in [6.45, 7) is 1.60. The van der Waals surface area contributed by atoms with Crippen LogP contribution in [0.5, 0.6) is 5.75 Å². The molecular formula is C23H23F6N3O3. The zero-order valence-corrected chi connectivity index (χ0v) is 19.0. The molecule has 0 bridgehead atoms. The Balaban J connectivity index is 1.92. The number of hydrogen-bond acceptors (Lipinski definition) is 5. The number of pyridine rings is 1. The van der Waals surface area contributed by atoms with E-state index < -0.39 is 48.7 Å². The van der Waals surface area contributed by atoms with E-state index in [1.165, 1.54) is 39.1 Å². The number of nitrogens with one attached hydrogen (secondary N) is 2. The first-order valence-corrected chi connectivity index (χ1v) is 10.6. The second kappa shape index (κ2) is 10.1. The summed E-state index contributed by atoms with van der Waals surface area (Å²) < 4.78 is 93.6. The zero-order chi connectivity index (χ0) is 26.0. The molecule has 0 radical (unpaired) electrons. The number of fused-ring (bicyclic) bond motifs is 1. The summed E-state index contributed by atoms with van der Waals surface area (Å²) in [5.41, 5.74) is -1.92. The van der Waals surface area contributed by atoms with Crippen molar-refractivity contribution in [2.45, 2.75) is 45.0 Å². The number of alkyl halides is 5. The molecule has 0 aliphatic rings. The van der Waals surface area contributed by atoms with Crippen LogP contribution >= 0.6 is 0 Å². The average Bonchev–Trinajstić information content (AvgIpc) is 3.11. The fourth-order valence-corrected chi connectivity index (χ4v) is 3.68. The molecule has 1 unspecified atom stereocenters. The minimum Gasteiger partial charge on any atom is -0.489 e. The lowest BCUT2D eigenvalue weighted by Crippen LogP contribution is -2.51. The van der Waals surface area contributed by atoms with Gasteiger partial charge in [0.2, 0.25) is 0 Å². The van der Waals surface area contributed by atoms with E-state index in [-0.39, 0.29) is 40.0 Å². The van der Waals surface area contributed by atoms with Gasteiger partial charge >= 0.3 is 6.18 Å². The maximum absolute atomic E-state index is 14.7. The van der Waals surface area contributed by atoms with Crippen LogP contribution in [-0.2, 0) is 12.8 Å². The molecule has 35 heavy (non-hydrogen) atoms. The van der Waals surface area contributed by atoms with Gasteiger partial charge in [-0.05, 0) is 32.5 Å². The van der Waals surface area contributed by atoms with Crippen molar-refractivity contribution in [3.63, 3.8) is 0 Å². The second-order valence-electron chi connectivity index (χ2n) is 7.84. The Kier molecular flexibility index (Phi) is 7.63. The van der Waals surface area contributed by atoms with Gasteiger partial charge in [-0.25, -0.2) is 13.2 Å². The molecule has 1 amide bonds. The quantitative estimate of drug-likeness (QED) is 0.391. The van der Waals surface area contributed by atoms with Crippen molar-refractivity contribution in [3.05, 3.63) is 58.9 Å². The van der Waals surface area contributed by atoms with E-state index in [4.69, 9.17) is 9.15 Å². The van der Waals surface area contributed by atoms with Gasteiger partial charge in [0.15, 0.2) is 17.1 Å². The number of benzene rings is 1. The predicted molar refractivity (Wildman–Crippen MR) is 115 cm³/mol. The first kappa shape index (κ1) is 26.3. The molecule has 0 aliphatic heterocycles. The maximum atomic E-state index is 14.7. The number of nitrogens with zero attached hydrogens (tertiary/aromatic N) is 1. The van der Waals surface area contributed by atoms with Crippen molar-refractivity contribution in [2.24, 2.45) is 0 Å². The summed E-state index contributed by atoms with van der Waals surface area (Å²) in [5.74, 6) is -5.31. The minimum atomic E-state index is -4.72. The molecule has 2 heterocycles. The number of amides is 1. The molecule has 3 rings (SSSR count). The fourth-order valence-electron chi connectivity index (χ4n) is 3.68. The monoisotopic (exact) mass is 503 g/mol. The van der Waals surface area contributed by atoms with Crippen molar-refractivity contribution in [3.8, 4) is 5.75 Å². The molecule has 12 heteroatoms. The molecular weight excluding hydrogens is 480 g/mol. The molecule has 1 aromatic carbocycles. The van der Waals surface area contributed by atoms with E-state index in [1.807, 2.05) is 0 Å². The number of rotatable bonds is 9.